The van der Waals surface area contributed by atoms with Crippen LogP contribution in [-0.2, 0) is 19.7 Å². The molecule has 2 aromatic rings. The summed E-state index contributed by atoms with van der Waals surface area (Å²) >= 11 is 0. The standard InChI is InChI=1S/C17H19NO6S2/c1-2-14(18(19)20)13-17(25(21,22)15-9-5-3-6-10-15)26(23,24)16-11-7-4-8-12-16/h3-12,14,17H,2,13H2,1H3/t14-/m1/s1. The van der Waals surface area contributed by atoms with Gasteiger partial charge in [0.1, 0.15) is 0 Å². The average molecular weight is 397 g/mol. The fraction of sp³-hybridized carbons (Fsp3) is 0.294. The largest absolute Gasteiger partial charge is 0.264 e. The van der Waals surface area contributed by atoms with E-state index in [0.29, 0.717) is 0 Å². The molecule has 0 bridgehead atoms. The number of nitrogens with zero attached hydrogens (tertiary/aromatic N) is 1. The molecule has 0 saturated carbocycles. The summed E-state index contributed by atoms with van der Waals surface area (Å²) < 4.78 is 50.2. The van der Waals surface area contributed by atoms with E-state index >= 15 is 0 Å². The van der Waals surface area contributed by atoms with Gasteiger partial charge in [0.2, 0.25) is 6.04 Å². The van der Waals surface area contributed by atoms with Crippen LogP contribution in [0.25, 0.3) is 0 Å². The minimum atomic E-state index is -4.34. The second-order valence-corrected chi connectivity index (χ2v) is 10.3. The number of hydrogen-bond donors (Lipinski definition) is 0. The first-order valence-electron chi connectivity index (χ1n) is 7.92. The van der Waals surface area contributed by atoms with E-state index < -0.39 is 41.6 Å². The SMILES string of the molecule is CC[C@H](CC(S(=O)(=O)c1ccccc1)S(=O)(=O)c1ccccc1)[N+](=O)[O-]. The number of hydrogen-bond acceptors (Lipinski definition) is 6. The molecule has 140 valence electrons. The molecule has 2 rings (SSSR count). The Bertz CT molecular complexity index is 887. The summed E-state index contributed by atoms with van der Waals surface area (Å²) in [5.41, 5.74) is 0. The lowest BCUT2D eigenvalue weighted by Gasteiger charge is -2.20. The predicted octanol–water partition coefficient (Wildman–Crippen LogP) is 2.71. The molecule has 0 aliphatic carbocycles. The van der Waals surface area contributed by atoms with Gasteiger partial charge in [-0.05, 0) is 24.3 Å². The summed E-state index contributed by atoms with van der Waals surface area (Å²) in [5.74, 6) is 0. The molecule has 2 aromatic carbocycles. The van der Waals surface area contributed by atoms with Crippen LogP contribution in [0.3, 0.4) is 0 Å². The first-order valence-corrected chi connectivity index (χ1v) is 11.0. The third-order valence-corrected chi connectivity index (χ3v) is 9.22. The number of benzene rings is 2. The van der Waals surface area contributed by atoms with Gasteiger partial charge in [0.15, 0.2) is 24.3 Å². The van der Waals surface area contributed by atoms with Crippen molar-refractivity contribution in [1.29, 1.82) is 0 Å². The van der Waals surface area contributed by atoms with Gasteiger partial charge < -0.3 is 0 Å². The van der Waals surface area contributed by atoms with Gasteiger partial charge in [-0.3, -0.25) is 10.1 Å². The minimum Gasteiger partial charge on any atom is -0.264 e. The summed E-state index contributed by atoms with van der Waals surface area (Å²) in [6.45, 7) is 1.52. The third kappa shape index (κ3) is 4.10. The predicted molar refractivity (Wildman–Crippen MR) is 96.7 cm³/mol. The van der Waals surface area contributed by atoms with E-state index in [1.165, 1.54) is 55.5 Å². The van der Waals surface area contributed by atoms with E-state index in [1.54, 1.807) is 12.1 Å². The smallest absolute Gasteiger partial charge is 0.215 e. The van der Waals surface area contributed by atoms with Crippen LogP contribution in [0.1, 0.15) is 19.8 Å². The normalized spacial score (nSPS) is 13.5. The summed E-state index contributed by atoms with van der Waals surface area (Å²) in [6.07, 6.45) is -0.587. The van der Waals surface area contributed by atoms with Crippen LogP contribution in [0.2, 0.25) is 0 Å². The number of nitro groups is 1. The molecule has 0 heterocycles. The Balaban J connectivity index is 2.62. The van der Waals surface area contributed by atoms with Gasteiger partial charge in [-0.15, -0.1) is 0 Å². The van der Waals surface area contributed by atoms with E-state index in [1.807, 2.05) is 0 Å². The Morgan fingerprint density at radius 2 is 1.23 bits per heavy atom. The van der Waals surface area contributed by atoms with Crippen LogP contribution in [0.5, 0.6) is 0 Å². The summed E-state index contributed by atoms with van der Waals surface area (Å²) in [7, 11) is -8.68. The van der Waals surface area contributed by atoms with Crippen LogP contribution < -0.4 is 0 Å². The monoisotopic (exact) mass is 397 g/mol. The molecule has 9 heteroatoms. The molecule has 0 radical (unpaired) electrons. The van der Waals surface area contributed by atoms with Crippen LogP contribution in [-0.4, -0.2) is 32.4 Å². The van der Waals surface area contributed by atoms with Gasteiger partial charge in [0, 0.05) is 17.8 Å². The van der Waals surface area contributed by atoms with Crippen LogP contribution in [0.15, 0.2) is 70.5 Å². The molecule has 26 heavy (non-hydrogen) atoms. The van der Waals surface area contributed by atoms with E-state index in [0.717, 1.165) is 0 Å². The highest BCUT2D eigenvalue weighted by Crippen LogP contribution is 2.29. The Hall–Kier alpha value is -2.26. The number of rotatable bonds is 8. The third-order valence-electron chi connectivity index (χ3n) is 4.07. The Morgan fingerprint density at radius 3 is 1.54 bits per heavy atom. The van der Waals surface area contributed by atoms with E-state index in [2.05, 4.69) is 0 Å². The highest BCUT2D eigenvalue weighted by atomic mass is 32.3. The van der Waals surface area contributed by atoms with Crippen molar-refractivity contribution in [2.24, 2.45) is 0 Å². The Labute approximate surface area is 152 Å². The van der Waals surface area contributed by atoms with Gasteiger partial charge >= 0.3 is 0 Å². The van der Waals surface area contributed by atoms with Crippen molar-refractivity contribution in [3.8, 4) is 0 Å². The lowest BCUT2D eigenvalue weighted by atomic mass is 10.2. The lowest BCUT2D eigenvalue weighted by molar-refractivity contribution is -0.523. The van der Waals surface area contributed by atoms with Crippen molar-refractivity contribution in [1.82, 2.24) is 0 Å². The molecule has 0 aromatic heterocycles. The average Bonchev–Trinajstić information content (AvgIpc) is 2.63. The molecule has 0 fully saturated rings. The van der Waals surface area contributed by atoms with Crippen molar-refractivity contribution >= 4 is 19.7 Å². The zero-order valence-electron chi connectivity index (χ0n) is 14.1. The van der Waals surface area contributed by atoms with Gasteiger partial charge in [0.25, 0.3) is 0 Å². The minimum absolute atomic E-state index is 0.0259. The van der Waals surface area contributed by atoms with Gasteiger partial charge in [0.05, 0.1) is 9.79 Å². The first-order chi connectivity index (χ1) is 12.2. The highest BCUT2D eigenvalue weighted by Gasteiger charge is 2.43. The van der Waals surface area contributed by atoms with Gasteiger partial charge in [-0.25, -0.2) is 16.8 Å². The van der Waals surface area contributed by atoms with Crippen LogP contribution >= 0.6 is 0 Å². The zero-order valence-corrected chi connectivity index (χ0v) is 15.7. The van der Waals surface area contributed by atoms with Crippen molar-refractivity contribution in [3.05, 3.63) is 70.8 Å². The molecule has 0 spiro atoms. The molecule has 0 aliphatic heterocycles. The second-order valence-electron chi connectivity index (χ2n) is 5.73. The van der Waals surface area contributed by atoms with Gasteiger partial charge in [-0.1, -0.05) is 43.3 Å². The highest BCUT2D eigenvalue weighted by molar-refractivity contribution is 8.09. The first kappa shape index (κ1) is 20.1. The maximum Gasteiger partial charge on any atom is 0.215 e. The molecule has 0 unspecified atom stereocenters. The number of sulfone groups is 2. The molecule has 0 amide bonds. The maximum atomic E-state index is 13.0. The lowest BCUT2D eigenvalue weighted by Crippen LogP contribution is -2.36. The van der Waals surface area contributed by atoms with Crippen LogP contribution in [0.4, 0.5) is 0 Å². The topological polar surface area (TPSA) is 111 Å². The summed E-state index contributed by atoms with van der Waals surface area (Å²) in [4.78, 5) is 10.2. The Kier molecular flexibility index (Phi) is 6.14. The van der Waals surface area contributed by atoms with Crippen molar-refractivity contribution in [2.45, 2.75) is 40.2 Å². The van der Waals surface area contributed by atoms with E-state index in [9.17, 15) is 26.9 Å². The van der Waals surface area contributed by atoms with Crippen molar-refractivity contribution in [3.63, 3.8) is 0 Å². The molecule has 7 nitrogen and oxygen atoms in total. The molecular weight excluding hydrogens is 378 g/mol. The van der Waals surface area contributed by atoms with Gasteiger partial charge in [-0.2, -0.15) is 0 Å². The zero-order chi connectivity index (χ0) is 19.4. The van der Waals surface area contributed by atoms with Crippen molar-refractivity contribution < 1.29 is 21.8 Å². The summed E-state index contributed by atoms with van der Waals surface area (Å²) in [6, 6.07) is 13.0. The fourth-order valence-electron chi connectivity index (χ4n) is 2.57. The fourth-order valence-corrected chi connectivity index (χ4v) is 7.20. The quantitative estimate of drug-likeness (QED) is 0.500. The van der Waals surface area contributed by atoms with Crippen molar-refractivity contribution in [2.75, 3.05) is 0 Å². The Morgan fingerprint density at radius 1 is 0.846 bits per heavy atom. The molecular formula is C17H19NO6S2. The van der Waals surface area contributed by atoms with E-state index in [-0.39, 0.29) is 16.2 Å². The molecule has 0 saturated heterocycles. The second kappa shape index (κ2) is 7.96. The molecule has 0 N–H and O–H groups in total. The van der Waals surface area contributed by atoms with Crippen LogP contribution in [0, 0.1) is 10.1 Å². The maximum absolute atomic E-state index is 13.0. The molecule has 0 aliphatic rings. The van der Waals surface area contributed by atoms with E-state index in [4.69, 9.17) is 0 Å². The summed E-state index contributed by atoms with van der Waals surface area (Å²) in [5, 5.41) is 11.2. The molecule has 1 atom stereocenters.